The highest BCUT2D eigenvalue weighted by Crippen LogP contribution is 2.28. The third-order valence-corrected chi connectivity index (χ3v) is 4.46. The molecule has 1 saturated carbocycles. The van der Waals surface area contributed by atoms with Crippen LogP contribution < -0.4 is 10.5 Å². The summed E-state index contributed by atoms with van der Waals surface area (Å²) in [6, 6.07) is 7.65. The van der Waals surface area contributed by atoms with E-state index in [9.17, 15) is 0 Å². The molecule has 0 spiro atoms. The van der Waals surface area contributed by atoms with Crippen molar-refractivity contribution in [2.24, 2.45) is 0 Å². The summed E-state index contributed by atoms with van der Waals surface area (Å²) in [4.78, 5) is 0. The maximum atomic E-state index is 5.69. The first-order valence-corrected chi connectivity index (χ1v) is 7.49. The van der Waals surface area contributed by atoms with Crippen LogP contribution in [0.25, 0.3) is 0 Å². The molecule has 0 heterocycles. The molecule has 17 heavy (non-hydrogen) atoms. The molecule has 2 N–H and O–H groups in total. The van der Waals surface area contributed by atoms with Gasteiger partial charge in [0.1, 0.15) is 5.75 Å². The Morgan fingerprint density at radius 3 is 2.82 bits per heavy atom. The van der Waals surface area contributed by atoms with Gasteiger partial charge in [-0.15, -0.1) is 0 Å². The summed E-state index contributed by atoms with van der Waals surface area (Å²) in [7, 11) is 0. The van der Waals surface area contributed by atoms with Crippen molar-refractivity contribution >= 4 is 17.4 Å². The number of rotatable bonds is 5. The van der Waals surface area contributed by atoms with Crippen molar-refractivity contribution in [1.29, 1.82) is 0 Å². The minimum atomic E-state index is 0.766. The molecule has 1 aliphatic rings. The first-order chi connectivity index (χ1) is 8.34. The van der Waals surface area contributed by atoms with Gasteiger partial charge in [-0.05, 0) is 25.0 Å². The van der Waals surface area contributed by atoms with E-state index in [2.05, 4.69) is 11.8 Å². The second-order valence-corrected chi connectivity index (χ2v) is 5.96. The van der Waals surface area contributed by atoms with Crippen LogP contribution in [0.3, 0.4) is 0 Å². The summed E-state index contributed by atoms with van der Waals surface area (Å²) >= 11 is 2.06. The maximum Gasteiger partial charge on any atom is 0.121 e. The number of hydrogen-bond donors (Lipinski definition) is 1. The molecule has 3 heteroatoms. The Labute approximate surface area is 108 Å². The molecule has 1 aromatic rings. The molecule has 0 amide bonds. The number of anilines is 1. The molecule has 0 saturated heterocycles. The fourth-order valence-electron chi connectivity index (χ4n) is 2.21. The van der Waals surface area contributed by atoms with Gasteiger partial charge >= 0.3 is 0 Å². The molecular formula is C14H21NOS. The Morgan fingerprint density at radius 2 is 2.06 bits per heavy atom. The first-order valence-electron chi connectivity index (χ1n) is 6.44. The van der Waals surface area contributed by atoms with Crippen LogP contribution in [0.5, 0.6) is 5.75 Å². The lowest BCUT2D eigenvalue weighted by Gasteiger charge is -2.20. The van der Waals surface area contributed by atoms with Crippen LogP contribution in [0.1, 0.15) is 32.1 Å². The van der Waals surface area contributed by atoms with Crippen molar-refractivity contribution < 1.29 is 4.74 Å². The summed E-state index contributed by atoms with van der Waals surface area (Å²) in [5, 5.41) is 0.869. The van der Waals surface area contributed by atoms with E-state index >= 15 is 0 Å². The van der Waals surface area contributed by atoms with E-state index in [-0.39, 0.29) is 0 Å². The quantitative estimate of drug-likeness (QED) is 0.640. The molecule has 0 aromatic heterocycles. The van der Waals surface area contributed by atoms with Crippen LogP contribution in [0.2, 0.25) is 0 Å². The zero-order valence-electron chi connectivity index (χ0n) is 10.2. The van der Waals surface area contributed by atoms with Gasteiger partial charge in [0.05, 0.1) is 6.61 Å². The van der Waals surface area contributed by atoms with Gasteiger partial charge in [-0.25, -0.2) is 0 Å². The van der Waals surface area contributed by atoms with Crippen molar-refractivity contribution in [1.82, 2.24) is 0 Å². The summed E-state index contributed by atoms with van der Waals surface area (Å²) in [5.41, 5.74) is 6.46. The van der Waals surface area contributed by atoms with Gasteiger partial charge in [0.25, 0.3) is 0 Å². The van der Waals surface area contributed by atoms with E-state index in [0.717, 1.165) is 29.0 Å². The number of thioether (sulfide) groups is 1. The van der Waals surface area contributed by atoms with E-state index < -0.39 is 0 Å². The Balaban J connectivity index is 1.62. The van der Waals surface area contributed by atoms with Gasteiger partial charge in [0.15, 0.2) is 0 Å². The Bertz CT molecular complexity index is 337. The molecule has 0 aliphatic heterocycles. The monoisotopic (exact) mass is 251 g/mol. The molecule has 94 valence electrons. The maximum absolute atomic E-state index is 5.69. The number of nitrogen functional groups attached to an aromatic ring is 1. The van der Waals surface area contributed by atoms with Crippen LogP contribution in [-0.2, 0) is 0 Å². The van der Waals surface area contributed by atoms with Crippen molar-refractivity contribution in [2.75, 3.05) is 18.1 Å². The predicted octanol–water partition coefficient (Wildman–Crippen LogP) is 3.71. The molecular weight excluding hydrogens is 230 g/mol. The zero-order chi connectivity index (χ0) is 11.9. The number of hydrogen-bond acceptors (Lipinski definition) is 3. The van der Waals surface area contributed by atoms with Crippen molar-refractivity contribution in [3.63, 3.8) is 0 Å². The van der Waals surface area contributed by atoms with Crippen molar-refractivity contribution in [2.45, 2.75) is 37.4 Å². The smallest absolute Gasteiger partial charge is 0.121 e. The fourth-order valence-corrected chi connectivity index (χ4v) is 3.39. The first kappa shape index (κ1) is 12.6. The lowest BCUT2D eigenvalue weighted by atomic mass is 10.0. The average molecular weight is 251 g/mol. The Kier molecular flexibility index (Phi) is 5.05. The normalized spacial score (nSPS) is 16.9. The van der Waals surface area contributed by atoms with Gasteiger partial charge in [-0.1, -0.05) is 25.3 Å². The molecule has 1 aliphatic carbocycles. The molecule has 0 radical (unpaired) electrons. The van der Waals surface area contributed by atoms with Crippen LogP contribution in [0.4, 0.5) is 5.69 Å². The Morgan fingerprint density at radius 1 is 1.24 bits per heavy atom. The van der Waals surface area contributed by atoms with Crippen LogP contribution in [-0.4, -0.2) is 17.6 Å². The summed E-state index contributed by atoms with van der Waals surface area (Å²) in [5.74, 6) is 1.97. The van der Waals surface area contributed by atoms with E-state index in [1.54, 1.807) is 0 Å². The standard InChI is InChI=1S/C14H21NOS/c15-12-5-4-6-13(11-12)16-9-10-17-14-7-2-1-3-8-14/h4-6,11,14H,1-3,7-10,15H2. The minimum Gasteiger partial charge on any atom is -0.493 e. The van der Waals surface area contributed by atoms with E-state index in [4.69, 9.17) is 10.5 Å². The second-order valence-electron chi connectivity index (χ2n) is 4.55. The van der Waals surface area contributed by atoms with Gasteiger partial charge in [-0.2, -0.15) is 11.8 Å². The van der Waals surface area contributed by atoms with Crippen LogP contribution in [0, 0.1) is 0 Å². The summed E-state index contributed by atoms with van der Waals surface area (Å²) in [6.45, 7) is 0.782. The highest BCUT2D eigenvalue weighted by atomic mass is 32.2. The molecule has 2 rings (SSSR count). The average Bonchev–Trinajstić information content (AvgIpc) is 2.36. The van der Waals surface area contributed by atoms with Crippen molar-refractivity contribution in [3.05, 3.63) is 24.3 Å². The van der Waals surface area contributed by atoms with Crippen LogP contribution in [0.15, 0.2) is 24.3 Å². The highest BCUT2D eigenvalue weighted by molar-refractivity contribution is 7.99. The van der Waals surface area contributed by atoms with Gasteiger partial charge in [0.2, 0.25) is 0 Å². The zero-order valence-corrected chi connectivity index (χ0v) is 11.0. The second kappa shape index (κ2) is 6.80. The molecule has 1 fully saturated rings. The van der Waals surface area contributed by atoms with E-state index in [1.807, 2.05) is 24.3 Å². The van der Waals surface area contributed by atoms with Crippen LogP contribution >= 0.6 is 11.8 Å². The molecule has 1 aromatic carbocycles. The largest absolute Gasteiger partial charge is 0.493 e. The van der Waals surface area contributed by atoms with Crippen molar-refractivity contribution in [3.8, 4) is 5.75 Å². The fraction of sp³-hybridized carbons (Fsp3) is 0.571. The topological polar surface area (TPSA) is 35.2 Å². The number of nitrogens with two attached hydrogens (primary N) is 1. The minimum absolute atomic E-state index is 0.766. The van der Waals surface area contributed by atoms with E-state index in [1.165, 1.54) is 32.1 Å². The third kappa shape index (κ3) is 4.50. The lowest BCUT2D eigenvalue weighted by Crippen LogP contribution is -2.11. The highest BCUT2D eigenvalue weighted by Gasteiger charge is 2.13. The summed E-state index contributed by atoms with van der Waals surface area (Å²) < 4.78 is 5.68. The van der Waals surface area contributed by atoms with E-state index in [0.29, 0.717) is 0 Å². The van der Waals surface area contributed by atoms with Gasteiger partial charge in [0, 0.05) is 22.8 Å². The molecule has 2 nitrogen and oxygen atoms in total. The predicted molar refractivity (Wildman–Crippen MR) is 75.7 cm³/mol. The lowest BCUT2D eigenvalue weighted by molar-refractivity contribution is 0.343. The SMILES string of the molecule is Nc1cccc(OCCSC2CCCCC2)c1. The number of ether oxygens (including phenoxy) is 1. The molecule has 0 atom stereocenters. The molecule has 0 unspecified atom stereocenters. The van der Waals surface area contributed by atoms with Gasteiger partial charge in [-0.3, -0.25) is 0 Å². The Hall–Kier alpha value is -0.830. The number of benzene rings is 1. The third-order valence-electron chi connectivity index (χ3n) is 3.12. The van der Waals surface area contributed by atoms with Gasteiger partial charge < -0.3 is 10.5 Å². The summed E-state index contributed by atoms with van der Waals surface area (Å²) in [6.07, 6.45) is 7.03. The molecule has 0 bridgehead atoms.